The molecular formula is C35H32F2N6O6. The molecule has 0 spiro atoms. The highest BCUT2D eigenvalue weighted by Gasteiger charge is 2.22. The number of ether oxygens (including phenoxy) is 3. The molecule has 1 saturated heterocycles. The maximum atomic E-state index is 15.3. The number of benzene rings is 3. The van der Waals surface area contributed by atoms with Crippen LogP contribution in [0.1, 0.15) is 23.2 Å². The van der Waals surface area contributed by atoms with E-state index in [9.17, 15) is 18.8 Å². The maximum absolute atomic E-state index is 15.3. The number of nitrogens with zero attached hydrogens (tertiary/aromatic N) is 4. The van der Waals surface area contributed by atoms with E-state index in [1.54, 1.807) is 18.2 Å². The van der Waals surface area contributed by atoms with Crippen LogP contribution in [0.3, 0.4) is 0 Å². The predicted molar refractivity (Wildman–Crippen MR) is 176 cm³/mol. The summed E-state index contributed by atoms with van der Waals surface area (Å²) in [5, 5.41) is 6.99. The summed E-state index contributed by atoms with van der Waals surface area (Å²) in [6.07, 6.45) is 4.50. The van der Waals surface area contributed by atoms with Crippen molar-refractivity contribution in [3.63, 3.8) is 0 Å². The van der Waals surface area contributed by atoms with Gasteiger partial charge in [-0.2, -0.15) is 9.78 Å². The highest BCUT2D eigenvalue weighted by Crippen LogP contribution is 2.38. The van der Waals surface area contributed by atoms with Crippen LogP contribution in [0.25, 0.3) is 16.6 Å². The Labute approximate surface area is 279 Å². The van der Waals surface area contributed by atoms with Crippen LogP contribution < -0.4 is 30.8 Å². The number of hydrogen-bond acceptors (Lipinski definition) is 9. The average molecular weight is 671 g/mol. The molecule has 2 amide bonds. The second kappa shape index (κ2) is 14.5. The predicted octanol–water partition coefficient (Wildman–Crippen LogP) is 4.69. The molecule has 0 aliphatic carbocycles. The Morgan fingerprint density at radius 1 is 0.959 bits per heavy atom. The van der Waals surface area contributed by atoms with Gasteiger partial charge in [0.25, 0.3) is 11.5 Å². The van der Waals surface area contributed by atoms with Gasteiger partial charge in [0, 0.05) is 35.6 Å². The zero-order valence-corrected chi connectivity index (χ0v) is 26.4. The van der Waals surface area contributed by atoms with Crippen LogP contribution in [0.2, 0.25) is 0 Å². The molecule has 3 N–H and O–H groups in total. The molecule has 3 heterocycles. The number of hydrogen-bond donors (Lipinski definition) is 2. The molecule has 3 aromatic carbocycles. The lowest BCUT2D eigenvalue weighted by Gasteiger charge is -2.31. The first-order valence-electron chi connectivity index (χ1n) is 15.4. The summed E-state index contributed by atoms with van der Waals surface area (Å²) >= 11 is 0. The lowest BCUT2D eigenvalue weighted by Crippen LogP contribution is -2.40. The van der Waals surface area contributed by atoms with Crippen molar-refractivity contribution in [2.24, 2.45) is 11.7 Å². The number of rotatable bonds is 11. The number of pyridine rings is 1. The first-order valence-corrected chi connectivity index (χ1v) is 15.4. The third-order valence-corrected chi connectivity index (χ3v) is 8.10. The minimum atomic E-state index is -0.801. The van der Waals surface area contributed by atoms with Crippen molar-refractivity contribution in [3.05, 3.63) is 107 Å². The molecule has 0 bridgehead atoms. The Morgan fingerprint density at radius 2 is 1.78 bits per heavy atom. The number of likely N-dealkylation sites (tertiary alicyclic amines) is 1. The van der Waals surface area contributed by atoms with Crippen LogP contribution in [0.5, 0.6) is 23.0 Å². The minimum absolute atomic E-state index is 0.0740. The quantitative estimate of drug-likeness (QED) is 0.204. The smallest absolute Gasteiger partial charge is 0.284 e. The highest BCUT2D eigenvalue weighted by molar-refractivity contribution is 6.04. The van der Waals surface area contributed by atoms with E-state index >= 15 is 4.39 Å². The standard InChI is InChI=1S/C35H32F2N6O6/c1-47-31-17-26-28(18-32(31)48-20-21-9-13-42(14-10-21)19-33(38)44)39-11-8-29(26)49-30-6-5-23(16-27(30)37)41-34(45)25-7-12-40-43(35(25)46)24-4-2-3-22(36)15-24/h2-8,11-12,15-18,21H,9-10,13-14,19-20H2,1H3,(H2,38,44)(H,41,45). The van der Waals surface area contributed by atoms with E-state index in [-0.39, 0.29) is 35.1 Å². The number of piperidine rings is 1. The van der Waals surface area contributed by atoms with Crippen molar-refractivity contribution in [1.29, 1.82) is 0 Å². The number of aromatic nitrogens is 3. The Kier molecular flexibility index (Phi) is 9.76. The molecular weight excluding hydrogens is 638 g/mol. The summed E-state index contributed by atoms with van der Waals surface area (Å²) in [5.41, 5.74) is 5.02. The minimum Gasteiger partial charge on any atom is -0.493 e. The molecule has 1 aliphatic rings. The number of nitrogens with one attached hydrogen (secondary N) is 1. The van der Waals surface area contributed by atoms with E-state index in [0.29, 0.717) is 40.7 Å². The fourth-order valence-corrected chi connectivity index (χ4v) is 5.58. The molecule has 14 heteroatoms. The van der Waals surface area contributed by atoms with Crippen LogP contribution in [-0.4, -0.2) is 64.8 Å². The average Bonchev–Trinajstić information content (AvgIpc) is 3.08. The Bertz CT molecular complexity index is 2080. The van der Waals surface area contributed by atoms with Gasteiger partial charge in [0.05, 0.1) is 31.5 Å². The van der Waals surface area contributed by atoms with Crippen molar-refractivity contribution in [2.75, 3.05) is 38.7 Å². The van der Waals surface area contributed by atoms with E-state index in [2.05, 4.69) is 15.4 Å². The summed E-state index contributed by atoms with van der Waals surface area (Å²) in [6, 6.07) is 15.3. The number of fused-ring (bicyclic) bond motifs is 1. The van der Waals surface area contributed by atoms with Crippen molar-refractivity contribution < 1.29 is 32.6 Å². The number of anilines is 1. The van der Waals surface area contributed by atoms with Crippen molar-refractivity contribution in [1.82, 2.24) is 19.7 Å². The third kappa shape index (κ3) is 7.65. The third-order valence-electron chi connectivity index (χ3n) is 8.10. The van der Waals surface area contributed by atoms with Gasteiger partial charge in [-0.05, 0) is 80.4 Å². The molecule has 1 fully saturated rings. The second-order valence-corrected chi connectivity index (χ2v) is 11.5. The molecule has 0 saturated carbocycles. The van der Waals surface area contributed by atoms with Crippen molar-refractivity contribution in [3.8, 4) is 28.7 Å². The van der Waals surface area contributed by atoms with E-state index in [1.807, 2.05) is 4.90 Å². The van der Waals surface area contributed by atoms with Gasteiger partial charge in [0.15, 0.2) is 23.1 Å². The topological polar surface area (TPSA) is 151 Å². The van der Waals surface area contributed by atoms with Crippen LogP contribution in [0.4, 0.5) is 14.5 Å². The Morgan fingerprint density at radius 3 is 2.51 bits per heavy atom. The first kappa shape index (κ1) is 33.0. The number of primary amides is 1. The van der Waals surface area contributed by atoms with Gasteiger partial charge in [-0.3, -0.25) is 24.3 Å². The molecule has 0 radical (unpaired) electrons. The van der Waals surface area contributed by atoms with E-state index in [0.717, 1.165) is 42.7 Å². The molecule has 5 aromatic rings. The number of halogens is 2. The van der Waals surface area contributed by atoms with Gasteiger partial charge in [-0.25, -0.2) is 8.78 Å². The molecule has 252 valence electrons. The second-order valence-electron chi connectivity index (χ2n) is 11.5. The van der Waals surface area contributed by atoms with Crippen molar-refractivity contribution >= 4 is 28.4 Å². The van der Waals surface area contributed by atoms with Gasteiger partial charge < -0.3 is 25.3 Å². The van der Waals surface area contributed by atoms with Crippen LogP contribution >= 0.6 is 0 Å². The molecule has 49 heavy (non-hydrogen) atoms. The SMILES string of the molecule is COc1cc2c(Oc3ccc(NC(=O)c4ccnn(-c5cccc(F)c5)c4=O)cc3F)ccnc2cc1OCC1CCN(CC(N)=O)CC1. The molecule has 0 unspecified atom stereocenters. The summed E-state index contributed by atoms with van der Waals surface area (Å²) in [4.78, 5) is 43.6. The number of nitrogens with two attached hydrogens (primary N) is 1. The zero-order valence-electron chi connectivity index (χ0n) is 26.4. The fourth-order valence-electron chi connectivity index (χ4n) is 5.58. The summed E-state index contributed by atoms with van der Waals surface area (Å²) in [7, 11) is 1.52. The monoisotopic (exact) mass is 670 g/mol. The molecule has 1 aliphatic heterocycles. The van der Waals surface area contributed by atoms with Crippen molar-refractivity contribution in [2.45, 2.75) is 12.8 Å². The lowest BCUT2D eigenvalue weighted by atomic mass is 9.98. The normalized spacial score (nSPS) is 13.6. The van der Waals surface area contributed by atoms with E-state index in [4.69, 9.17) is 19.9 Å². The lowest BCUT2D eigenvalue weighted by molar-refractivity contribution is -0.119. The summed E-state index contributed by atoms with van der Waals surface area (Å²) < 4.78 is 47.6. The fraction of sp³-hybridized carbons (Fsp3) is 0.229. The number of amides is 2. The Hall–Kier alpha value is -5.89. The van der Waals surface area contributed by atoms with Gasteiger partial charge in [0.1, 0.15) is 17.1 Å². The number of carbonyl (C=O) groups excluding carboxylic acids is 2. The molecule has 0 atom stereocenters. The van der Waals surface area contributed by atoms with Crippen LogP contribution in [0.15, 0.2) is 83.9 Å². The van der Waals surface area contributed by atoms with Gasteiger partial charge >= 0.3 is 0 Å². The van der Waals surface area contributed by atoms with E-state index in [1.165, 1.54) is 55.9 Å². The molecule has 6 rings (SSSR count). The summed E-state index contributed by atoms with van der Waals surface area (Å²) in [5.74, 6) is -1.05. The molecule has 2 aromatic heterocycles. The van der Waals surface area contributed by atoms with Gasteiger partial charge in [0.2, 0.25) is 5.91 Å². The largest absolute Gasteiger partial charge is 0.493 e. The summed E-state index contributed by atoms with van der Waals surface area (Å²) in [6.45, 7) is 2.24. The number of carbonyl (C=O) groups is 2. The van der Waals surface area contributed by atoms with Crippen LogP contribution in [-0.2, 0) is 4.79 Å². The molecule has 12 nitrogen and oxygen atoms in total. The highest BCUT2D eigenvalue weighted by atomic mass is 19.1. The van der Waals surface area contributed by atoms with Gasteiger partial charge in [-0.1, -0.05) is 6.07 Å². The Balaban J connectivity index is 1.14. The zero-order chi connectivity index (χ0) is 34.5. The van der Waals surface area contributed by atoms with Gasteiger partial charge in [-0.15, -0.1) is 0 Å². The first-order chi connectivity index (χ1) is 23.7. The van der Waals surface area contributed by atoms with E-state index < -0.39 is 23.1 Å². The van der Waals surface area contributed by atoms with Crippen LogP contribution in [0, 0.1) is 17.6 Å². The number of methoxy groups -OCH3 is 1. The maximum Gasteiger partial charge on any atom is 0.284 e.